The predicted molar refractivity (Wildman–Crippen MR) is 54.6 cm³/mol. The van der Waals surface area contributed by atoms with Crippen LogP contribution in [0.2, 0.25) is 0 Å². The van der Waals surface area contributed by atoms with Crippen LogP contribution in [0.15, 0.2) is 0 Å². The zero-order valence-electron chi connectivity index (χ0n) is 9.54. The summed E-state index contributed by atoms with van der Waals surface area (Å²) in [4.78, 5) is 0. The smallest absolute Gasteiger partial charge is 0.219 e. The van der Waals surface area contributed by atoms with E-state index in [1.807, 2.05) is 13.8 Å². The average Bonchev–Trinajstić information content (AvgIpc) is 2.21. The predicted octanol–water partition coefficient (Wildman–Crippen LogP) is -1.54. The summed E-state index contributed by atoms with van der Waals surface area (Å²) in [6.07, 6.45) is -4.20. The molecule has 1 saturated heterocycles. The molecular weight excluding hydrogens is 216 g/mol. The monoisotopic (exact) mass is 236 g/mol. The fourth-order valence-corrected chi connectivity index (χ4v) is 1.46. The van der Waals surface area contributed by atoms with Crippen LogP contribution < -0.4 is 0 Å². The molecule has 0 spiro atoms. The Bertz CT molecular complexity index is 221. The number of aliphatic hydroxyl groups is 4. The molecule has 0 amide bonds. The first kappa shape index (κ1) is 13.8. The molecule has 0 bridgehead atoms. The summed E-state index contributed by atoms with van der Waals surface area (Å²) in [5.41, 5.74) is 0. The molecule has 0 saturated carbocycles. The summed E-state index contributed by atoms with van der Waals surface area (Å²) in [6, 6.07) is 0. The van der Waals surface area contributed by atoms with Gasteiger partial charge in [-0.2, -0.15) is 0 Å². The summed E-state index contributed by atoms with van der Waals surface area (Å²) in [5, 5.41) is 38.0. The maximum Gasteiger partial charge on any atom is 0.219 e. The van der Waals surface area contributed by atoms with Gasteiger partial charge in [0.15, 0.2) is 0 Å². The van der Waals surface area contributed by atoms with Gasteiger partial charge >= 0.3 is 0 Å². The summed E-state index contributed by atoms with van der Waals surface area (Å²) in [6.45, 7) is 3.83. The van der Waals surface area contributed by atoms with E-state index in [9.17, 15) is 20.4 Å². The van der Waals surface area contributed by atoms with Gasteiger partial charge in [-0.25, -0.2) is 0 Å². The second-order valence-electron chi connectivity index (χ2n) is 4.57. The fraction of sp³-hybridized carbons (Fsp3) is 1.00. The van der Waals surface area contributed by atoms with E-state index in [0.29, 0.717) is 12.5 Å². The number of hydrogen-bond donors (Lipinski definition) is 4. The minimum absolute atomic E-state index is 0.236. The number of aliphatic hydroxyl groups excluding tert-OH is 3. The zero-order chi connectivity index (χ0) is 12.3. The topological polar surface area (TPSA) is 99.4 Å². The lowest BCUT2D eigenvalue weighted by atomic mass is 9.97. The highest BCUT2D eigenvalue weighted by molar-refractivity contribution is 4.91. The van der Waals surface area contributed by atoms with E-state index in [2.05, 4.69) is 0 Å². The summed E-state index contributed by atoms with van der Waals surface area (Å²) >= 11 is 0. The molecule has 1 rings (SSSR count). The normalized spacial score (nSPS) is 40.3. The van der Waals surface area contributed by atoms with Crippen LogP contribution in [0.3, 0.4) is 0 Å². The fourth-order valence-electron chi connectivity index (χ4n) is 1.46. The Morgan fingerprint density at radius 3 is 2.56 bits per heavy atom. The third-order valence-corrected chi connectivity index (χ3v) is 2.44. The Morgan fingerprint density at radius 1 is 1.38 bits per heavy atom. The SMILES string of the molecule is CC(C)COC[C@@]1(O)OC[C@@H](O)[C@H](O)[C@@H]1O. The van der Waals surface area contributed by atoms with Gasteiger partial charge in [-0.05, 0) is 5.92 Å². The van der Waals surface area contributed by atoms with Crippen molar-refractivity contribution in [3.63, 3.8) is 0 Å². The highest BCUT2D eigenvalue weighted by atomic mass is 16.7. The molecule has 0 radical (unpaired) electrons. The molecule has 1 heterocycles. The zero-order valence-corrected chi connectivity index (χ0v) is 9.54. The van der Waals surface area contributed by atoms with Crippen LogP contribution in [-0.4, -0.2) is 64.3 Å². The van der Waals surface area contributed by atoms with Crippen LogP contribution >= 0.6 is 0 Å². The van der Waals surface area contributed by atoms with Crippen molar-refractivity contribution in [2.45, 2.75) is 37.9 Å². The third kappa shape index (κ3) is 3.13. The van der Waals surface area contributed by atoms with Crippen LogP contribution in [0.25, 0.3) is 0 Å². The van der Waals surface area contributed by atoms with Crippen molar-refractivity contribution in [1.29, 1.82) is 0 Å². The number of rotatable bonds is 4. The van der Waals surface area contributed by atoms with Crippen molar-refractivity contribution in [2.75, 3.05) is 19.8 Å². The molecule has 6 heteroatoms. The quantitative estimate of drug-likeness (QED) is 0.472. The molecule has 4 atom stereocenters. The van der Waals surface area contributed by atoms with Crippen molar-refractivity contribution in [3.05, 3.63) is 0 Å². The summed E-state index contributed by atoms with van der Waals surface area (Å²) in [5.74, 6) is -1.66. The summed E-state index contributed by atoms with van der Waals surface area (Å²) < 4.78 is 10.1. The third-order valence-electron chi connectivity index (χ3n) is 2.44. The number of hydrogen-bond acceptors (Lipinski definition) is 6. The Balaban J connectivity index is 2.49. The van der Waals surface area contributed by atoms with Gasteiger partial charge in [0.25, 0.3) is 0 Å². The molecule has 0 aliphatic carbocycles. The molecule has 0 aromatic heterocycles. The Labute approximate surface area is 94.4 Å². The molecule has 1 fully saturated rings. The lowest BCUT2D eigenvalue weighted by molar-refractivity contribution is -0.335. The van der Waals surface area contributed by atoms with Crippen LogP contribution in [-0.2, 0) is 9.47 Å². The van der Waals surface area contributed by atoms with Gasteiger partial charge in [0.05, 0.1) is 6.61 Å². The van der Waals surface area contributed by atoms with E-state index in [4.69, 9.17) is 9.47 Å². The van der Waals surface area contributed by atoms with Crippen molar-refractivity contribution in [2.24, 2.45) is 5.92 Å². The molecule has 6 nitrogen and oxygen atoms in total. The highest BCUT2D eigenvalue weighted by Crippen LogP contribution is 2.24. The summed E-state index contributed by atoms with van der Waals surface area (Å²) in [7, 11) is 0. The first-order valence-corrected chi connectivity index (χ1v) is 5.35. The molecular formula is C10H20O6. The highest BCUT2D eigenvalue weighted by Gasteiger charge is 2.48. The van der Waals surface area contributed by atoms with Crippen molar-refractivity contribution >= 4 is 0 Å². The molecule has 1 aliphatic rings. The second-order valence-corrected chi connectivity index (χ2v) is 4.57. The Hall–Kier alpha value is -0.240. The van der Waals surface area contributed by atoms with Crippen molar-refractivity contribution in [3.8, 4) is 0 Å². The minimum atomic E-state index is -1.95. The van der Waals surface area contributed by atoms with E-state index in [1.54, 1.807) is 0 Å². The van der Waals surface area contributed by atoms with Gasteiger partial charge in [0, 0.05) is 6.61 Å². The molecule has 0 aromatic rings. The van der Waals surface area contributed by atoms with Gasteiger partial charge < -0.3 is 29.9 Å². The first-order valence-electron chi connectivity index (χ1n) is 5.35. The largest absolute Gasteiger partial charge is 0.388 e. The lowest BCUT2D eigenvalue weighted by Crippen LogP contribution is -2.62. The van der Waals surface area contributed by atoms with Crippen LogP contribution in [0.5, 0.6) is 0 Å². The Morgan fingerprint density at radius 2 is 2.00 bits per heavy atom. The molecule has 16 heavy (non-hydrogen) atoms. The maximum absolute atomic E-state index is 9.87. The van der Waals surface area contributed by atoms with Crippen LogP contribution in [0, 0.1) is 5.92 Å². The van der Waals surface area contributed by atoms with E-state index >= 15 is 0 Å². The lowest BCUT2D eigenvalue weighted by Gasteiger charge is -2.41. The van der Waals surface area contributed by atoms with Crippen LogP contribution in [0.1, 0.15) is 13.8 Å². The van der Waals surface area contributed by atoms with E-state index < -0.39 is 24.1 Å². The average molecular weight is 236 g/mol. The molecule has 96 valence electrons. The van der Waals surface area contributed by atoms with Crippen LogP contribution in [0.4, 0.5) is 0 Å². The van der Waals surface area contributed by atoms with Crippen molar-refractivity contribution in [1.82, 2.24) is 0 Å². The van der Waals surface area contributed by atoms with Gasteiger partial charge in [-0.1, -0.05) is 13.8 Å². The van der Waals surface area contributed by atoms with Gasteiger partial charge in [0.1, 0.15) is 24.9 Å². The standard InChI is InChI=1S/C10H20O6/c1-6(2)3-15-5-10(14)9(13)8(12)7(11)4-16-10/h6-9,11-14H,3-5H2,1-2H3/t7-,8+,9+,10-/m1/s1. The van der Waals surface area contributed by atoms with Gasteiger partial charge in [0.2, 0.25) is 5.79 Å². The molecule has 4 N–H and O–H groups in total. The molecule has 1 aliphatic heterocycles. The first-order chi connectivity index (χ1) is 7.37. The number of ether oxygens (including phenoxy) is 2. The molecule has 0 unspecified atom stereocenters. The van der Waals surface area contributed by atoms with E-state index in [-0.39, 0.29) is 13.2 Å². The van der Waals surface area contributed by atoms with E-state index in [1.165, 1.54) is 0 Å². The molecule has 0 aromatic carbocycles. The van der Waals surface area contributed by atoms with Gasteiger partial charge in [-0.15, -0.1) is 0 Å². The van der Waals surface area contributed by atoms with Crippen molar-refractivity contribution < 1.29 is 29.9 Å². The van der Waals surface area contributed by atoms with Gasteiger partial charge in [-0.3, -0.25) is 0 Å². The second kappa shape index (κ2) is 5.39. The Kier molecular flexibility index (Phi) is 4.66. The maximum atomic E-state index is 9.87. The van der Waals surface area contributed by atoms with E-state index in [0.717, 1.165) is 0 Å². The minimum Gasteiger partial charge on any atom is -0.388 e.